The second kappa shape index (κ2) is 5.54. The Kier molecular flexibility index (Phi) is 4.35. The lowest BCUT2D eigenvalue weighted by molar-refractivity contribution is -0.119. The number of anilines is 2. The van der Waals surface area contributed by atoms with Crippen LogP contribution in [-0.4, -0.2) is 13.0 Å². The summed E-state index contributed by atoms with van der Waals surface area (Å²) in [5.74, 6) is 0.132. The minimum atomic E-state index is 0.0549. The van der Waals surface area contributed by atoms with Gasteiger partial charge >= 0.3 is 0 Å². The van der Waals surface area contributed by atoms with Crippen LogP contribution in [0.15, 0.2) is 18.2 Å². The van der Waals surface area contributed by atoms with Gasteiger partial charge in [0.1, 0.15) is 0 Å². The van der Waals surface area contributed by atoms with Crippen molar-refractivity contribution in [2.45, 2.75) is 27.2 Å². The number of carbonyl (C=O) groups excluding carboxylic acids is 1. The topological polar surface area (TPSA) is 41.1 Å². The van der Waals surface area contributed by atoms with Crippen molar-refractivity contribution in [2.24, 2.45) is 5.92 Å². The molecule has 1 unspecified atom stereocenters. The third kappa shape index (κ3) is 2.99. The summed E-state index contributed by atoms with van der Waals surface area (Å²) in [5, 5.41) is 6.02. The van der Waals surface area contributed by atoms with Crippen molar-refractivity contribution in [3.63, 3.8) is 0 Å². The standard InChI is InChI=1S/C13H20N2O/c1-5-9(2)13(16)15-11-7-6-10(3)12(8-11)14-4/h6-9,14H,5H2,1-4H3,(H,15,16). The van der Waals surface area contributed by atoms with Crippen LogP contribution in [0.25, 0.3) is 0 Å². The van der Waals surface area contributed by atoms with Crippen LogP contribution in [0.2, 0.25) is 0 Å². The summed E-state index contributed by atoms with van der Waals surface area (Å²) < 4.78 is 0. The molecular weight excluding hydrogens is 200 g/mol. The molecule has 1 rings (SSSR count). The van der Waals surface area contributed by atoms with Crippen molar-refractivity contribution >= 4 is 17.3 Å². The fraction of sp³-hybridized carbons (Fsp3) is 0.462. The molecule has 3 nitrogen and oxygen atoms in total. The van der Waals surface area contributed by atoms with Crippen molar-refractivity contribution < 1.29 is 4.79 Å². The maximum atomic E-state index is 11.7. The van der Waals surface area contributed by atoms with E-state index in [-0.39, 0.29) is 11.8 Å². The van der Waals surface area contributed by atoms with E-state index in [1.165, 1.54) is 5.56 Å². The van der Waals surface area contributed by atoms with Crippen LogP contribution in [0.1, 0.15) is 25.8 Å². The van der Waals surface area contributed by atoms with E-state index in [1.807, 2.05) is 46.0 Å². The average molecular weight is 220 g/mol. The van der Waals surface area contributed by atoms with E-state index < -0.39 is 0 Å². The molecule has 0 aliphatic carbocycles. The molecule has 0 fully saturated rings. The molecule has 0 saturated heterocycles. The van der Waals surface area contributed by atoms with Crippen LogP contribution in [0.3, 0.4) is 0 Å². The van der Waals surface area contributed by atoms with Crippen molar-refractivity contribution in [1.29, 1.82) is 0 Å². The fourth-order valence-electron chi connectivity index (χ4n) is 1.42. The van der Waals surface area contributed by atoms with Gasteiger partial charge in [0.25, 0.3) is 0 Å². The molecule has 0 radical (unpaired) electrons. The van der Waals surface area contributed by atoms with E-state index in [4.69, 9.17) is 0 Å². The zero-order chi connectivity index (χ0) is 12.1. The van der Waals surface area contributed by atoms with Gasteiger partial charge in [-0.2, -0.15) is 0 Å². The smallest absolute Gasteiger partial charge is 0.227 e. The molecule has 88 valence electrons. The van der Waals surface area contributed by atoms with Gasteiger partial charge in [-0.1, -0.05) is 19.9 Å². The Morgan fingerprint density at radius 1 is 1.44 bits per heavy atom. The van der Waals surface area contributed by atoms with Gasteiger partial charge in [-0.25, -0.2) is 0 Å². The number of aryl methyl sites for hydroxylation is 1. The largest absolute Gasteiger partial charge is 0.388 e. The molecule has 1 atom stereocenters. The third-order valence-electron chi connectivity index (χ3n) is 2.83. The average Bonchev–Trinajstić information content (AvgIpc) is 2.30. The maximum absolute atomic E-state index is 11.7. The molecule has 0 spiro atoms. The molecule has 0 aliphatic heterocycles. The Balaban J connectivity index is 2.78. The van der Waals surface area contributed by atoms with E-state index >= 15 is 0 Å². The lowest BCUT2D eigenvalue weighted by atomic mass is 10.1. The van der Waals surface area contributed by atoms with Gasteiger partial charge in [0, 0.05) is 24.3 Å². The number of hydrogen-bond donors (Lipinski definition) is 2. The van der Waals surface area contributed by atoms with Crippen LogP contribution < -0.4 is 10.6 Å². The quantitative estimate of drug-likeness (QED) is 0.819. The van der Waals surface area contributed by atoms with Gasteiger partial charge in [0.05, 0.1) is 0 Å². The highest BCUT2D eigenvalue weighted by Gasteiger charge is 2.10. The van der Waals surface area contributed by atoms with Crippen molar-refractivity contribution in [1.82, 2.24) is 0 Å². The molecule has 1 aromatic carbocycles. The van der Waals surface area contributed by atoms with E-state index in [1.54, 1.807) is 0 Å². The van der Waals surface area contributed by atoms with Crippen LogP contribution in [0.4, 0.5) is 11.4 Å². The predicted molar refractivity (Wildman–Crippen MR) is 68.8 cm³/mol. The SMILES string of the molecule is CCC(C)C(=O)Nc1ccc(C)c(NC)c1. The van der Waals surface area contributed by atoms with Crippen LogP contribution in [0.5, 0.6) is 0 Å². The molecule has 0 bridgehead atoms. The first kappa shape index (κ1) is 12.6. The molecule has 3 heteroatoms. The summed E-state index contributed by atoms with van der Waals surface area (Å²) in [5.41, 5.74) is 3.06. The summed E-state index contributed by atoms with van der Waals surface area (Å²) in [7, 11) is 1.88. The summed E-state index contributed by atoms with van der Waals surface area (Å²) in [6.07, 6.45) is 0.858. The number of hydrogen-bond acceptors (Lipinski definition) is 2. The minimum absolute atomic E-state index is 0.0549. The lowest BCUT2D eigenvalue weighted by Gasteiger charge is -2.12. The van der Waals surface area contributed by atoms with Crippen molar-refractivity contribution in [3.8, 4) is 0 Å². The van der Waals surface area contributed by atoms with Crippen molar-refractivity contribution in [3.05, 3.63) is 23.8 Å². The highest BCUT2D eigenvalue weighted by Crippen LogP contribution is 2.20. The van der Waals surface area contributed by atoms with Crippen LogP contribution in [0, 0.1) is 12.8 Å². The van der Waals surface area contributed by atoms with E-state index in [2.05, 4.69) is 10.6 Å². The highest BCUT2D eigenvalue weighted by atomic mass is 16.1. The molecule has 0 saturated carbocycles. The molecular formula is C13H20N2O. The van der Waals surface area contributed by atoms with Gasteiger partial charge in [-0.05, 0) is 31.0 Å². The van der Waals surface area contributed by atoms with E-state index in [0.29, 0.717) is 0 Å². The Hall–Kier alpha value is -1.51. The summed E-state index contributed by atoms with van der Waals surface area (Å²) in [4.78, 5) is 11.7. The second-order valence-electron chi connectivity index (χ2n) is 4.08. The number of nitrogens with one attached hydrogen (secondary N) is 2. The molecule has 2 N–H and O–H groups in total. The minimum Gasteiger partial charge on any atom is -0.388 e. The third-order valence-corrected chi connectivity index (χ3v) is 2.83. The summed E-state index contributed by atoms with van der Waals surface area (Å²) in [6, 6.07) is 5.88. The van der Waals surface area contributed by atoms with Crippen molar-refractivity contribution in [2.75, 3.05) is 17.7 Å². The molecule has 0 heterocycles. The van der Waals surface area contributed by atoms with Gasteiger partial charge in [-0.15, -0.1) is 0 Å². The number of rotatable bonds is 4. The Labute approximate surface area is 97.2 Å². The Morgan fingerprint density at radius 2 is 2.12 bits per heavy atom. The lowest BCUT2D eigenvalue weighted by Crippen LogP contribution is -2.19. The zero-order valence-electron chi connectivity index (χ0n) is 10.4. The van der Waals surface area contributed by atoms with E-state index in [9.17, 15) is 4.79 Å². The van der Waals surface area contributed by atoms with E-state index in [0.717, 1.165) is 17.8 Å². The summed E-state index contributed by atoms with van der Waals surface area (Å²) in [6.45, 7) is 5.98. The maximum Gasteiger partial charge on any atom is 0.227 e. The predicted octanol–water partition coefficient (Wildman–Crippen LogP) is 3.02. The first-order chi connectivity index (χ1) is 7.58. The first-order valence-electron chi connectivity index (χ1n) is 5.67. The van der Waals surface area contributed by atoms with Gasteiger partial charge in [-0.3, -0.25) is 4.79 Å². The Morgan fingerprint density at radius 3 is 2.69 bits per heavy atom. The molecule has 1 aromatic rings. The highest BCUT2D eigenvalue weighted by molar-refractivity contribution is 5.92. The van der Waals surface area contributed by atoms with Gasteiger partial charge < -0.3 is 10.6 Å². The zero-order valence-corrected chi connectivity index (χ0v) is 10.4. The Bertz CT molecular complexity index is 374. The summed E-state index contributed by atoms with van der Waals surface area (Å²) >= 11 is 0. The van der Waals surface area contributed by atoms with Crippen LogP contribution in [-0.2, 0) is 4.79 Å². The van der Waals surface area contributed by atoms with Gasteiger partial charge in [0.2, 0.25) is 5.91 Å². The molecule has 1 amide bonds. The molecule has 0 aliphatic rings. The molecule has 0 aromatic heterocycles. The normalized spacial score (nSPS) is 12.0. The fourth-order valence-corrected chi connectivity index (χ4v) is 1.42. The second-order valence-corrected chi connectivity index (χ2v) is 4.08. The number of carbonyl (C=O) groups is 1. The number of benzene rings is 1. The molecule has 16 heavy (non-hydrogen) atoms. The number of amides is 1. The monoisotopic (exact) mass is 220 g/mol. The first-order valence-corrected chi connectivity index (χ1v) is 5.67. The van der Waals surface area contributed by atoms with Crippen LogP contribution >= 0.6 is 0 Å². The van der Waals surface area contributed by atoms with Gasteiger partial charge in [0.15, 0.2) is 0 Å².